The highest BCUT2D eigenvalue weighted by atomic mass is 19.3. The molecule has 0 saturated heterocycles. The van der Waals surface area contributed by atoms with Gasteiger partial charge in [-0.2, -0.15) is 0 Å². The Morgan fingerprint density at radius 2 is 2.00 bits per heavy atom. The second kappa shape index (κ2) is 5.55. The van der Waals surface area contributed by atoms with Gasteiger partial charge in [-0.3, -0.25) is 4.90 Å². The predicted octanol–water partition coefficient (Wildman–Crippen LogP) is 3.38. The highest BCUT2D eigenvalue weighted by Crippen LogP contribution is 2.36. The van der Waals surface area contributed by atoms with E-state index in [1.807, 2.05) is 0 Å². The maximum absolute atomic E-state index is 12.8. The van der Waals surface area contributed by atoms with Crippen molar-refractivity contribution in [1.82, 2.24) is 0 Å². The zero-order chi connectivity index (χ0) is 16.7. The lowest BCUT2D eigenvalue weighted by atomic mass is 10.1. The summed E-state index contributed by atoms with van der Waals surface area (Å²) in [5.41, 5.74) is -0.385. The Morgan fingerprint density at radius 1 is 1.36 bits per heavy atom. The van der Waals surface area contributed by atoms with Gasteiger partial charge in [-0.25, -0.2) is 18.4 Å². The van der Waals surface area contributed by atoms with Crippen LogP contribution in [0.4, 0.5) is 19.3 Å². The second-order valence-electron chi connectivity index (χ2n) is 6.10. The van der Waals surface area contributed by atoms with Crippen LogP contribution in [0.15, 0.2) is 18.2 Å². The van der Waals surface area contributed by atoms with Crippen LogP contribution in [0, 0.1) is 0 Å². The van der Waals surface area contributed by atoms with Crippen LogP contribution >= 0.6 is 0 Å². The van der Waals surface area contributed by atoms with Crippen LogP contribution in [-0.2, 0) is 16.0 Å². The molecule has 1 aliphatic rings. The summed E-state index contributed by atoms with van der Waals surface area (Å²) in [5, 5.41) is 9.28. The van der Waals surface area contributed by atoms with Crippen molar-refractivity contribution in [1.29, 1.82) is 0 Å². The van der Waals surface area contributed by atoms with Crippen LogP contribution in [0.5, 0.6) is 0 Å². The summed E-state index contributed by atoms with van der Waals surface area (Å²) in [5.74, 6) is -1.21. The molecule has 1 N–H and O–H groups in total. The molecule has 0 radical (unpaired) electrons. The third-order valence-electron chi connectivity index (χ3n) is 3.22. The third kappa shape index (κ3) is 3.18. The number of carbonyl (C=O) groups excluding carboxylic acids is 1. The Morgan fingerprint density at radius 3 is 2.50 bits per heavy atom. The zero-order valence-corrected chi connectivity index (χ0v) is 12.5. The van der Waals surface area contributed by atoms with Crippen molar-refractivity contribution >= 4 is 17.7 Å². The molecule has 1 atom stereocenters. The fraction of sp³-hybridized carbons (Fsp3) is 0.467. The predicted molar refractivity (Wildman–Crippen MR) is 75.2 cm³/mol. The van der Waals surface area contributed by atoms with Gasteiger partial charge in [-0.15, -0.1) is 0 Å². The van der Waals surface area contributed by atoms with E-state index >= 15 is 0 Å². The van der Waals surface area contributed by atoms with Crippen LogP contribution in [0.3, 0.4) is 0 Å². The molecule has 0 fully saturated rings. The first-order valence-corrected chi connectivity index (χ1v) is 6.76. The fourth-order valence-corrected chi connectivity index (χ4v) is 2.32. The van der Waals surface area contributed by atoms with Crippen molar-refractivity contribution < 1.29 is 28.2 Å². The van der Waals surface area contributed by atoms with Crippen LogP contribution in [0.25, 0.3) is 0 Å². The fourth-order valence-electron chi connectivity index (χ4n) is 2.32. The van der Waals surface area contributed by atoms with E-state index in [0.717, 1.165) is 11.0 Å². The molecular weight excluding hydrogens is 296 g/mol. The highest BCUT2D eigenvalue weighted by Gasteiger charge is 2.41. The number of benzene rings is 1. The lowest BCUT2D eigenvalue weighted by molar-refractivity contribution is -0.138. The average molecular weight is 313 g/mol. The number of rotatable bonds is 2. The molecule has 1 amide bonds. The number of alkyl halides is 2. The van der Waals surface area contributed by atoms with Gasteiger partial charge in [-0.1, -0.05) is 12.1 Å². The van der Waals surface area contributed by atoms with Crippen molar-refractivity contribution in [3.63, 3.8) is 0 Å². The molecule has 1 aromatic rings. The Balaban J connectivity index is 2.43. The molecule has 1 unspecified atom stereocenters. The third-order valence-corrected chi connectivity index (χ3v) is 3.22. The number of nitrogens with zero attached hydrogens (tertiary/aromatic N) is 1. The number of hydrogen-bond donors (Lipinski definition) is 1. The Labute approximate surface area is 126 Å². The number of ether oxygens (including phenoxy) is 1. The van der Waals surface area contributed by atoms with Gasteiger partial charge < -0.3 is 9.84 Å². The first-order valence-electron chi connectivity index (χ1n) is 6.76. The summed E-state index contributed by atoms with van der Waals surface area (Å²) in [6.07, 6.45) is -3.49. The van der Waals surface area contributed by atoms with E-state index in [9.17, 15) is 23.5 Å². The van der Waals surface area contributed by atoms with Gasteiger partial charge in [0, 0.05) is 12.0 Å². The van der Waals surface area contributed by atoms with Gasteiger partial charge in [0.15, 0.2) is 0 Å². The van der Waals surface area contributed by atoms with Gasteiger partial charge in [0.2, 0.25) is 0 Å². The van der Waals surface area contributed by atoms with E-state index in [2.05, 4.69) is 0 Å². The molecule has 7 heteroatoms. The maximum Gasteiger partial charge on any atom is 0.415 e. The van der Waals surface area contributed by atoms with E-state index < -0.39 is 30.1 Å². The minimum atomic E-state index is -2.70. The molecule has 22 heavy (non-hydrogen) atoms. The summed E-state index contributed by atoms with van der Waals surface area (Å²) in [6, 6.07) is 2.66. The van der Waals surface area contributed by atoms with E-state index in [1.165, 1.54) is 12.1 Å². The second-order valence-corrected chi connectivity index (χ2v) is 6.10. The standard InChI is InChI=1S/C15H17F2NO4/c1-15(2,3)22-14(21)18-10-7-9(12(16)17)5-4-8(10)6-11(18)13(19)20/h4-5,7,11-12H,6H2,1-3H3,(H,19,20). The number of anilines is 1. The Kier molecular flexibility index (Phi) is 4.08. The van der Waals surface area contributed by atoms with E-state index in [0.29, 0.717) is 5.56 Å². The van der Waals surface area contributed by atoms with Crippen LogP contribution in [0.2, 0.25) is 0 Å². The van der Waals surface area contributed by atoms with Crippen LogP contribution in [0.1, 0.15) is 38.3 Å². The molecule has 0 spiro atoms. The van der Waals surface area contributed by atoms with E-state index in [1.54, 1.807) is 20.8 Å². The summed E-state index contributed by atoms with van der Waals surface area (Å²) >= 11 is 0. The van der Waals surface area contributed by atoms with E-state index in [-0.39, 0.29) is 17.7 Å². The minimum Gasteiger partial charge on any atom is -0.480 e. The van der Waals surface area contributed by atoms with Gasteiger partial charge in [-0.05, 0) is 32.4 Å². The number of carboxylic acids is 1. The number of hydrogen-bond acceptors (Lipinski definition) is 3. The lowest BCUT2D eigenvalue weighted by Crippen LogP contribution is -2.45. The molecular formula is C15H17F2NO4. The molecule has 0 aromatic heterocycles. The molecule has 0 bridgehead atoms. The molecule has 120 valence electrons. The summed E-state index contributed by atoms with van der Waals surface area (Å²) in [4.78, 5) is 24.6. The molecule has 2 rings (SSSR count). The quantitative estimate of drug-likeness (QED) is 0.909. The maximum atomic E-state index is 12.8. The highest BCUT2D eigenvalue weighted by molar-refractivity contribution is 5.98. The van der Waals surface area contributed by atoms with Gasteiger partial charge >= 0.3 is 12.1 Å². The Hall–Kier alpha value is -2.18. The van der Waals surface area contributed by atoms with Crippen molar-refractivity contribution in [3.8, 4) is 0 Å². The number of carbonyl (C=O) groups is 2. The van der Waals surface area contributed by atoms with Crippen molar-refractivity contribution in [2.45, 2.75) is 45.3 Å². The molecule has 1 aromatic carbocycles. The summed E-state index contributed by atoms with van der Waals surface area (Å²) < 4.78 is 30.9. The van der Waals surface area contributed by atoms with Crippen LogP contribution in [-0.4, -0.2) is 28.8 Å². The zero-order valence-electron chi connectivity index (χ0n) is 12.5. The average Bonchev–Trinajstić information content (AvgIpc) is 2.74. The topological polar surface area (TPSA) is 66.8 Å². The first-order chi connectivity index (χ1) is 10.1. The minimum absolute atomic E-state index is 0.0629. The number of carboxylic acid groups (broad SMARTS) is 1. The monoisotopic (exact) mass is 313 g/mol. The number of fused-ring (bicyclic) bond motifs is 1. The molecule has 1 heterocycles. The van der Waals surface area contributed by atoms with Gasteiger partial charge in [0.1, 0.15) is 11.6 Å². The number of aliphatic carboxylic acids is 1. The first kappa shape index (κ1) is 16.2. The smallest absolute Gasteiger partial charge is 0.415 e. The summed E-state index contributed by atoms with van der Waals surface area (Å²) in [6.45, 7) is 4.94. The summed E-state index contributed by atoms with van der Waals surface area (Å²) in [7, 11) is 0. The molecule has 1 aliphatic heterocycles. The Bertz CT molecular complexity index is 610. The van der Waals surface area contributed by atoms with Crippen LogP contribution < -0.4 is 4.90 Å². The molecule has 0 aliphatic carbocycles. The van der Waals surface area contributed by atoms with Crippen molar-refractivity contribution in [2.24, 2.45) is 0 Å². The van der Waals surface area contributed by atoms with Crippen molar-refractivity contribution in [2.75, 3.05) is 4.90 Å². The van der Waals surface area contributed by atoms with Crippen molar-refractivity contribution in [3.05, 3.63) is 29.3 Å². The molecule has 0 saturated carbocycles. The number of amides is 1. The van der Waals surface area contributed by atoms with Gasteiger partial charge in [0.05, 0.1) is 5.69 Å². The van der Waals surface area contributed by atoms with E-state index in [4.69, 9.17) is 4.74 Å². The lowest BCUT2D eigenvalue weighted by Gasteiger charge is -2.27. The number of halogens is 2. The van der Waals surface area contributed by atoms with Gasteiger partial charge in [0.25, 0.3) is 6.43 Å². The molecule has 5 nitrogen and oxygen atoms in total. The SMILES string of the molecule is CC(C)(C)OC(=O)N1c2cc(C(F)F)ccc2CC1C(=O)O. The largest absolute Gasteiger partial charge is 0.480 e. The normalized spacial score (nSPS) is 17.5.